The maximum atomic E-state index is 11.0. The number of aromatic amines is 1. The van der Waals surface area contributed by atoms with Crippen LogP contribution in [-0.4, -0.2) is 17.4 Å². The lowest BCUT2D eigenvalue weighted by Gasteiger charge is -1.93. The molecule has 4 heteroatoms. The smallest absolute Gasteiger partial charge is 0.309 e. The van der Waals surface area contributed by atoms with Gasteiger partial charge in [0.1, 0.15) is 0 Å². The maximum absolute atomic E-state index is 11.0. The van der Waals surface area contributed by atoms with Gasteiger partial charge in [0.25, 0.3) is 6.21 Å². The number of quaternary nitrogens is 1. The lowest BCUT2D eigenvalue weighted by molar-refractivity contribution is -0.256. The SMILES string of the molecule is [NH3+]c1cc(C2=CC=[N+]=C2)c[nH]c1=O. The highest BCUT2D eigenvalue weighted by Crippen LogP contribution is 2.10. The first kappa shape index (κ1) is 7.73. The molecule has 4 nitrogen and oxygen atoms in total. The summed E-state index contributed by atoms with van der Waals surface area (Å²) in [4.78, 5) is 13.6. The van der Waals surface area contributed by atoms with Crippen molar-refractivity contribution in [3.05, 3.63) is 34.3 Å². The van der Waals surface area contributed by atoms with E-state index < -0.39 is 0 Å². The molecule has 0 unspecified atom stereocenters. The predicted molar refractivity (Wildman–Crippen MR) is 51.8 cm³/mol. The first-order valence-electron chi connectivity index (χ1n) is 3.89. The van der Waals surface area contributed by atoms with E-state index in [9.17, 15) is 4.79 Å². The average molecular weight is 175 g/mol. The topological polar surface area (TPSA) is 74.6 Å². The largest absolute Gasteiger partial charge is 0.323 e. The highest BCUT2D eigenvalue weighted by atomic mass is 16.1. The maximum Gasteiger partial charge on any atom is 0.309 e. The minimum Gasteiger partial charge on any atom is -0.323 e. The van der Waals surface area contributed by atoms with Crippen molar-refractivity contribution in [1.82, 2.24) is 9.65 Å². The van der Waals surface area contributed by atoms with Gasteiger partial charge >= 0.3 is 11.8 Å². The van der Waals surface area contributed by atoms with Gasteiger partial charge in [0.15, 0.2) is 5.69 Å². The van der Waals surface area contributed by atoms with E-state index in [4.69, 9.17) is 0 Å². The van der Waals surface area contributed by atoms with Crippen molar-refractivity contribution >= 4 is 23.7 Å². The van der Waals surface area contributed by atoms with Gasteiger partial charge in [-0.15, -0.1) is 4.67 Å². The van der Waals surface area contributed by atoms with Crippen LogP contribution in [0.5, 0.6) is 0 Å². The van der Waals surface area contributed by atoms with Gasteiger partial charge in [-0.25, -0.2) is 0 Å². The zero-order valence-corrected chi connectivity index (χ0v) is 6.95. The Kier molecular flexibility index (Phi) is 1.70. The van der Waals surface area contributed by atoms with Crippen LogP contribution in [0, 0.1) is 0 Å². The second-order valence-electron chi connectivity index (χ2n) is 2.79. The molecule has 2 rings (SSSR count). The second kappa shape index (κ2) is 2.86. The fourth-order valence-electron chi connectivity index (χ4n) is 1.16. The van der Waals surface area contributed by atoms with Crippen LogP contribution in [0.15, 0.2) is 23.1 Å². The van der Waals surface area contributed by atoms with Gasteiger partial charge in [-0.3, -0.25) is 4.79 Å². The summed E-state index contributed by atoms with van der Waals surface area (Å²) >= 11 is 0. The molecule has 0 bridgehead atoms. The van der Waals surface area contributed by atoms with Crippen LogP contribution in [0.1, 0.15) is 5.56 Å². The lowest BCUT2D eigenvalue weighted by atomic mass is 10.1. The Labute approximate surface area is 74.2 Å². The predicted octanol–water partition coefficient (Wildman–Crippen LogP) is -1.15. The molecule has 0 saturated carbocycles. The van der Waals surface area contributed by atoms with Crippen LogP contribution in [0.4, 0.5) is 5.69 Å². The first-order chi connectivity index (χ1) is 6.27. The van der Waals surface area contributed by atoms with Gasteiger partial charge in [0.2, 0.25) is 0 Å². The Morgan fingerprint density at radius 2 is 2.31 bits per heavy atom. The van der Waals surface area contributed by atoms with E-state index in [2.05, 4.69) is 15.4 Å². The zero-order chi connectivity index (χ0) is 9.26. The Morgan fingerprint density at radius 3 is 2.92 bits per heavy atom. The molecule has 0 fully saturated rings. The summed E-state index contributed by atoms with van der Waals surface area (Å²) in [6.07, 6.45) is 7.00. The fourth-order valence-corrected chi connectivity index (χ4v) is 1.16. The fraction of sp³-hybridized carbons (Fsp3) is 0. The average Bonchev–Trinajstić information content (AvgIpc) is 2.62. The molecule has 0 radical (unpaired) electrons. The normalized spacial score (nSPS) is 13.5. The molecule has 0 aliphatic carbocycles. The van der Waals surface area contributed by atoms with Gasteiger partial charge in [-0.05, 0) is 0 Å². The highest BCUT2D eigenvalue weighted by Gasteiger charge is 2.10. The summed E-state index contributed by atoms with van der Waals surface area (Å²) in [5.41, 5.74) is 5.87. The molecule has 1 aliphatic heterocycles. The van der Waals surface area contributed by atoms with Gasteiger partial charge in [-0.1, -0.05) is 0 Å². The molecule has 1 aromatic rings. The molecular formula is C9H9N3O+2. The summed E-state index contributed by atoms with van der Waals surface area (Å²) in [7, 11) is 0. The number of hydrogen-bond donors (Lipinski definition) is 2. The Hall–Kier alpha value is -1.90. The second-order valence-corrected chi connectivity index (χ2v) is 2.79. The molecule has 2 heterocycles. The molecule has 0 aromatic carbocycles. The number of allylic oxidation sites excluding steroid dienone is 2. The van der Waals surface area contributed by atoms with Crippen LogP contribution < -0.4 is 16.0 Å². The molecule has 1 aromatic heterocycles. The summed E-state index contributed by atoms with van der Waals surface area (Å²) < 4.78 is 3.94. The van der Waals surface area contributed by atoms with Crippen molar-refractivity contribution in [2.24, 2.45) is 0 Å². The van der Waals surface area contributed by atoms with E-state index in [-0.39, 0.29) is 5.56 Å². The number of hydrogen-bond acceptors (Lipinski definition) is 1. The third-order valence-corrected chi connectivity index (χ3v) is 1.87. The first-order valence-corrected chi connectivity index (χ1v) is 3.89. The minimum atomic E-state index is -0.150. The monoisotopic (exact) mass is 175 g/mol. The van der Waals surface area contributed by atoms with E-state index in [1.54, 1.807) is 24.7 Å². The quantitative estimate of drug-likeness (QED) is 0.520. The minimum absolute atomic E-state index is 0.150. The Morgan fingerprint density at radius 1 is 1.46 bits per heavy atom. The van der Waals surface area contributed by atoms with Crippen molar-refractivity contribution in [3.8, 4) is 0 Å². The standard InChI is InChI=1S/C9H7N3O/c10-8-3-7(5-12-9(8)13)6-1-2-11-4-6/h1-5H,(H2,10,11)/p+2. The summed E-state index contributed by atoms with van der Waals surface area (Å²) in [5.74, 6) is 0. The van der Waals surface area contributed by atoms with E-state index in [1.807, 2.05) is 6.08 Å². The van der Waals surface area contributed by atoms with Crippen LogP contribution >= 0.6 is 0 Å². The third-order valence-electron chi connectivity index (χ3n) is 1.87. The van der Waals surface area contributed by atoms with Crippen LogP contribution in [0.2, 0.25) is 0 Å². The Balaban J connectivity index is 2.49. The van der Waals surface area contributed by atoms with Gasteiger partial charge in [0, 0.05) is 23.9 Å². The molecule has 0 atom stereocenters. The van der Waals surface area contributed by atoms with E-state index >= 15 is 0 Å². The van der Waals surface area contributed by atoms with Crippen LogP contribution in [0.25, 0.3) is 5.57 Å². The molecule has 4 N–H and O–H groups in total. The number of pyridine rings is 1. The number of aromatic nitrogens is 1. The van der Waals surface area contributed by atoms with E-state index in [1.165, 1.54) is 0 Å². The van der Waals surface area contributed by atoms with Crippen LogP contribution in [0.3, 0.4) is 0 Å². The van der Waals surface area contributed by atoms with Gasteiger partial charge in [-0.2, -0.15) is 0 Å². The van der Waals surface area contributed by atoms with Crippen molar-refractivity contribution in [2.75, 3.05) is 0 Å². The molecule has 13 heavy (non-hydrogen) atoms. The Bertz CT molecular complexity index is 490. The van der Waals surface area contributed by atoms with E-state index in [0.29, 0.717) is 5.69 Å². The van der Waals surface area contributed by atoms with E-state index in [0.717, 1.165) is 11.1 Å². The molecule has 0 amide bonds. The third kappa shape index (κ3) is 1.36. The van der Waals surface area contributed by atoms with Crippen molar-refractivity contribution in [3.63, 3.8) is 0 Å². The summed E-state index contributed by atoms with van der Waals surface area (Å²) in [5, 5.41) is 0. The lowest BCUT2D eigenvalue weighted by Crippen LogP contribution is -2.45. The zero-order valence-electron chi connectivity index (χ0n) is 6.95. The molecule has 0 saturated heterocycles. The number of nitrogens with zero attached hydrogens (tertiary/aromatic N) is 1. The van der Waals surface area contributed by atoms with Crippen LogP contribution in [-0.2, 0) is 0 Å². The molecule has 64 valence electrons. The highest BCUT2D eigenvalue weighted by molar-refractivity contribution is 6.17. The molecule has 0 spiro atoms. The van der Waals surface area contributed by atoms with Gasteiger partial charge < -0.3 is 10.7 Å². The van der Waals surface area contributed by atoms with Crippen molar-refractivity contribution < 1.29 is 5.73 Å². The summed E-state index contributed by atoms with van der Waals surface area (Å²) in [6, 6.07) is 1.75. The molecule has 1 aliphatic rings. The molecular weight excluding hydrogens is 166 g/mol. The number of H-pyrrole nitrogens is 1. The van der Waals surface area contributed by atoms with Gasteiger partial charge in [0.05, 0.1) is 5.57 Å². The number of rotatable bonds is 1. The summed E-state index contributed by atoms with van der Waals surface area (Å²) in [6.45, 7) is 0. The van der Waals surface area contributed by atoms with Crippen molar-refractivity contribution in [1.29, 1.82) is 0 Å². The van der Waals surface area contributed by atoms with Crippen molar-refractivity contribution in [2.45, 2.75) is 0 Å². The number of nitrogens with one attached hydrogen (secondary N) is 1.